The van der Waals surface area contributed by atoms with Gasteiger partial charge in [0.2, 0.25) is 0 Å². The van der Waals surface area contributed by atoms with Gasteiger partial charge in [0.25, 0.3) is 0 Å². The summed E-state index contributed by atoms with van der Waals surface area (Å²) in [6.07, 6.45) is 7.00. The third kappa shape index (κ3) is 1.91. The summed E-state index contributed by atoms with van der Waals surface area (Å²) in [6, 6.07) is 9.24. The van der Waals surface area contributed by atoms with Gasteiger partial charge in [0.15, 0.2) is 11.5 Å². The highest BCUT2D eigenvalue weighted by Gasteiger charge is 2.08. The minimum Gasteiger partial charge on any atom is -0.384 e. The minimum atomic E-state index is 0.464. The maximum Gasteiger partial charge on any atom is 0.166 e. The lowest BCUT2D eigenvalue weighted by Gasteiger charge is -2.06. The van der Waals surface area contributed by atoms with Crippen molar-refractivity contribution in [1.82, 2.24) is 29.3 Å². The van der Waals surface area contributed by atoms with Gasteiger partial charge in [-0.1, -0.05) is 0 Å². The average Bonchev–Trinajstić information content (AvgIpc) is 3.16. The van der Waals surface area contributed by atoms with Crippen LogP contribution in [0, 0.1) is 0 Å². The Morgan fingerprint density at radius 3 is 2.86 bits per heavy atom. The number of hydrogen-bond acceptors (Lipinski definition) is 5. The number of hydrogen-bond donors (Lipinski definition) is 1. The molecule has 102 valence electrons. The van der Waals surface area contributed by atoms with Crippen LogP contribution >= 0.6 is 0 Å². The Bertz CT molecular complexity index is 908. The molecule has 0 unspecified atom stereocenters. The van der Waals surface area contributed by atoms with Gasteiger partial charge in [-0.2, -0.15) is 5.10 Å². The number of fused-ring (bicyclic) bond motifs is 1. The molecule has 2 N–H and O–H groups in total. The number of anilines is 1. The Balaban J connectivity index is 1.89. The van der Waals surface area contributed by atoms with Crippen molar-refractivity contribution in [2.75, 3.05) is 5.73 Å². The Morgan fingerprint density at radius 1 is 1.05 bits per heavy atom. The van der Waals surface area contributed by atoms with E-state index in [1.165, 1.54) is 0 Å². The molecule has 21 heavy (non-hydrogen) atoms. The number of rotatable bonds is 2. The molecule has 0 saturated carbocycles. The minimum absolute atomic E-state index is 0.464. The highest BCUT2D eigenvalue weighted by Crippen LogP contribution is 2.18. The van der Waals surface area contributed by atoms with E-state index >= 15 is 0 Å². The molecule has 0 fully saturated rings. The molecule has 4 aromatic rings. The van der Waals surface area contributed by atoms with Crippen molar-refractivity contribution in [3.8, 4) is 11.5 Å². The van der Waals surface area contributed by atoms with E-state index in [1.807, 2.05) is 35.0 Å². The summed E-state index contributed by atoms with van der Waals surface area (Å²) < 4.78 is 3.57. The van der Waals surface area contributed by atoms with E-state index in [9.17, 15) is 0 Å². The molecule has 0 aliphatic heterocycles. The first-order chi connectivity index (χ1) is 10.3. The van der Waals surface area contributed by atoms with Crippen molar-refractivity contribution >= 4 is 17.0 Å². The van der Waals surface area contributed by atoms with E-state index in [4.69, 9.17) is 5.73 Å². The SMILES string of the molecule is Nc1ccc2ncn(-c3ccnc(-n4cccn4)c3)c2n1. The summed E-state index contributed by atoms with van der Waals surface area (Å²) in [5.74, 6) is 1.19. The van der Waals surface area contributed by atoms with Gasteiger partial charge >= 0.3 is 0 Å². The van der Waals surface area contributed by atoms with Crippen LogP contribution in [0.25, 0.3) is 22.7 Å². The normalized spacial score (nSPS) is 11.0. The highest BCUT2D eigenvalue weighted by atomic mass is 15.3. The fourth-order valence-electron chi connectivity index (χ4n) is 2.18. The van der Waals surface area contributed by atoms with Crippen molar-refractivity contribution in [1.29, 1.82) is 0 Å². The van der Waals surface area contributed by atoms with Crippen molar-refractivity contribution in [2.24, 2.45) is 0 Å². The molecule has 0 amide bonds. The fraction of sp³-hybridized carbons (Fsp3) is 0. The Labute approximate surface area is 119 Å². The standard InChI is InChI=1S/C14H11N7/c15-12-3-2-11-14(19-12)20(9-17-11)10-4-6-16-13(8-10)21-7-1-5-18-21/h1-9H,(H2,15,19). The quantitative estimate of drug-likeness (QED) is 0.601. The molecule has 4 rings (SSSR count). The van der Waals surface area contributed by atoms with Gasteiger partial charge in [-0.25, -0.2) is 19.6 Å². The third-order valence-electron chi connectivity index (χ3n) is 3.16. The van der Waals surface area contributed by atoms with Gasteiger partial charge in [-0.05, 0) is 24.3 Å². The molecule has 0 spiro atoms. The van der Waals surface area contributed by atoms with Crippen LogP contribution in [0.4, 0.5) is 5.82 Å². The second-order valence-electron chi connectivity index (χ2n) is 4.52. The average molecular weight is 277 g/mol. The highest BCUT2D eigenvalue weighted by molar-refractivity contribution is 5.74. The van der Waals surface area contributed by atoms with Gasteiger partial charge in [-0.15, -0.1) is 0 Å². The number of nitrogen functional groups attached to an aromatic ring is 1. The Kier molecular flexibility index (Phi) is 2.43. The summed E-state index contributed by atoms with van der Waals surface area (Å²) in [5.41, 5.74) is 8.17. The van der Waals surface area contributed by atoms with Crippen LogP contribution in [0.3, 0.4) is 0 Å². The maximum atomic E-state index is 5.76. The molecule has 0 radical (unpaired) electrons. The topological polar surface area (TPSA) is 87.4 Å². The number of nitrogens with zero attached hydrogens (tertiary/aromatic N) is 6. The predicted molar refractivity (Wildman–Crippen MR) is 78.2 cm³/mol. The first kappa shape index (κ1) is 11.6. The van der Waals surface area contributed by atoms with Crippen LogP contribution in [0.2, 0.25) is 0 Å². The van der Waals surface area contributed by atoms with E-state index in [0.29, 0.717) is 11.5 Å². The smallest absolute Gasteiger partial charge is 0.166 e. The number of imidazole rings is 1. The number of pyridine rings is 2. The van der Waals surface area contributed by atoms with Crippen molar-refractivity contribution in [3.63, 3.8) is 0 Å². The van der Waals surface area contributed by atoms with E-state index in [-0.39, 0.29) is 0 Å². The molecular formula is C14H11N7. The first-order valence-corrected chi connectivity index (χ1v) is 6.37. The lowest BCUT2D eigenvalue weighted by Crippen LogP contribution is -2.01. The van der Waals surface area contributed by atoms with Gasteiger partial charge in [0.05, 0.1) is 5.69 Å². The van der Waals surface area contributed by atoms with Gasteiger partial charge < -0.3 is 5.73 Å². The molecule has 0 bridgehead atoms. The summed E-state index contributed by atoms with van der Waals surface area (Å²) in [7, 11) is 0. The van der Waals surface area contributed by atoms with Gasteiger partial charge in [0.1, 0.15) is 17.7 Å². The zero-order valence-corrected chi connectivity index (χ0v) is 11.0. The first-order valence-electron chi connectivity index (χ1n) is 6.37. The lowest BCUT2D eigenvalue weighted by molar-refractivity contribution is 0.843. The molecule has 0 aliphatic rings. The molecule has 0 aliphatic carbocycles. The molecule has 0 saturated heterocycles. The zero-order chi connectivity index (χ0) is 14.2. The summed E-state index contributed by atoms with van der Waals surface area (Å²) in [6.45, 7) is 0. The van der Waals surface area contributed by atoms with Gasteiger partial charge in [-0.3, -0.25) is 4.57 Å². The molecule has 4 heterocycles. The molecule has 0 aromatic carbocycles. The molecule has 4 aromatic heterocycles. The number of aromatic nitrogens is 6. The Hall–Kier alpha value is -3.22. The largest absolute Gasteiger partial charge is 0.384 e. The second kappa shape index (κ2) is 4.41. The van der Waals surface area contributed by atoms with Crippen LogP contribution < -0.4 is 5.73 Å². The Morgan fingerprint density at radius 2 is 2.00 bits per heavy atom. The summed E-state index contributed by atoms with van der Waals surface area (Å²) in [5, 5.41) is 4.18. The van der Waals surface area contributed by atoms with Crippen LogP contribution in [-0.4, -0.2) is 29.3 Å². The fourth-order valence-corrected chi connectivity index (χ4v) is 2.18. The van der Waals surface area contributed by atoms with E-state index in [2.05, 4.69) is 20.1 Å². The van der Waals surface area contributed by atoms with E-state index in [0.717, 1.165) is 17.0 Å². The van der Waals surface area contributed by atoms with Crippen molar-refractivity contribution in [3.05, 3.63) is 55.2 Å². The molecule has 7 heteroatoms. The molecule has 7 nitrogen and oxygen atoms in total. The van der Waals surface area contributed by atoms with Crippen LogP contribution in [0.1, 0.15) is 0 Å². The van der Waals surface area contributed by atoms with Crippen LogP contribution in [-0.2, 0) is 0 Å². The van der Waals surface area contributed by atoms with E-state index in [1.54, 1.807) is 29.5 Å². The van der Waals surface area contributed by atoms with E-state index < -0.39 is 0 Å². The second-order valence-corrected chi connectivity index (χ2v) is 4.52. The van der Waals surface area contributed by atoms with Gasteiger partial charge in [0, 0.05) is 24.7 Å². The molecule has 0 atom stereocenters. The summed E-state index contributed by atoms with van der Waals surface area (Å²) >= 11 is 0. The maximum absolute atomic E-state index is 5.76. The van der Waals surface area contributed by atoms with Crippen molar-refractivity contribution < 1.29 is 0 Å². The molecular weight excluding hydrogens is 266 g/mol. The van der Waals surface area contributed by atoms with Crippen LogP contribution in [0.15, 0.2) is 55.2 Å². The number of nitrogens with two attached hydrogens (primary N) is 1. The summed E-state index contributed by atoms with van der Waals surface area (Å²) in [4.78, 5) is 13.0. The van der Waals surface area contributed by atoms with Crippen LogP contribution in [0.5, 0.6) is 0 Å². The zero-order valence-electron chi connectivity index (χ0n) is 11.0. The third-order valence-corrected chi connectivity index (χ3v) is 3.16. The van der Waals surface area contributed by atoms with Crippen molar-refractivity contribution in [2.45, 2.75) is 0 Å². The predicted octanol–water partition coefficient (Wildman–Crippen LogP) is 1.58. The monoisotopic (exact) mass is 277 g/mol. The lowest BCUT2D eigenvalue weighted by atomic mass is 10.3.